The minimum Gasteiger partial charge on any atom is -0.439 e. The molecule has 1 aromatic carbocycles. The Bertz CT molecular complexity index is 960. The van der Waals surface area contributed by atoms with Gasteiger partial charge in [-0.1, -0.05) is 18.2 Å². The first-order valence-electron chi connectivity index (χ1n) is 7.19. The quantitative estimate of drug-likeness (QED) is 0.862. The molecule has 0 radical (unpaired) electrons. The van der Waals surface area contributed by atoms with Crippen molar-refractivity contribution in [2.75, 3.05) is 11.5 Å². The summed E-state index contributed by atoms with van der Waals surface area (Å²) in [5.74, 6) is -0.890. The fourth-order valence-corrected chi connectivity index (χ4v) is 5.34. The maximum atomic E-state index is 12.4. The fourth-order valence-electron chi connectivity index (χ4n) is 2.47. The van der Waals surface area contributed by atoms with Gasteiger partial charge in [-0.3, -0.25) is 4.79 Å². The molecule has 128 valence electrons. The molecule has 0 spiro atoms. The van der Waals surface area contributed by atoms with E-state index in [-0.39, 0.29) is 27.3 Å². The number of furan rings is 1. The van der Waals surface area contributed by atoms with Gasteiger partial charge in [0.05, 0.1) is 16.4 Å². The average molecular weight is 369 g/mol. The lowest BCUT2D eigenvalue weighted by atomic mass is 10.2. The zero-order valence-corrected chi connectivity index (χ0v) is 14.1. The molecule has 1 aliphatic heterocycles. The van der Waals surface area contributed by atoms with Crippen LogP contribution in [0.2, 0.25) is 0 Å². The van der Waals surface area contributed by atoms with Crippen LogP contribution < -0.4 is 5.32 Å². The molecule has 9 heteroatoms. The average Bonchev–Trinajstić information content (AvgIpc) is 3.15. The molecule has 0 bridgehead atoms. The summed E-state index contributed by atoms with van der Waals surface area (Å²) in [5, 5.41) is 2.21. The molecule has 1 aromatic heterocycles. The van der Waals surface area contributed by atoms with Gasteiger partial charge in [-0.25, -0.2) is 16.8 Å². The van der Waals surface area contributed by atoms with Crippen LogP contribution in [0, 0.1) is 0 Å². The van der Waals surface area contributed by atoms with Gasteiger partial charge in [0.1, 0.15) is 0 Å². The van der Waals surface area contributed by atoms with Crippen LogP contribution in [0.25, 0.3) is 0 Å². The van der Waals surface area contributed by atoms with Crippen LogP contribution in [0.15, 0.2) is 56.9 Å². The second-order valence-corrected chi connectivity index (χ2v) is 9.62. The molecule has 0 saturated carbocycles. The van der Waals surface area contributed by atoms with Gasteiger partial charge in [0, 0.05) is 6.04 Å². The number of rotatable bonds is 4. The smallest absolute Gasteiger partial charge is 0.287 e. The lowest BCUT2D eigenvalue weighted by Crippen LogP contribution is -2.35. The van der Waals surface area contributed by atoms with E-state index in [1.165, 1.54) is 24.3 Å². The van der Waals surface area contributed by atoms with Gasteiger partial charge in [-0.15, -0.1) is 0 Å². The van der Waals surface area contributed by atoms with Crippen molar-refractivity contribution in [1.82, 2.24) is 5.32 Å². The van der Waals surface area contributed by atoms with Crippen molar-refractivity contribution in [3.8, 4) is 0 Å². The van der Waals surface area contributed by atoms with Crippen molar-refractivity contribution in [2.45, 2.75) is 22.5 Å². The highest BCUT2D eigenvalue weighted by Crippen LogP contribution is 2.23. The molecule has 1 amide bonds. The van der Waals surface area contributed by atoms with E-state index in [2.05, 4.69) is 5.32 Å². The molecule has 1 unspecified atom stereocenters. The van der Waals surface area contributed by atoms with Crippen LogP contribution >= 0.6 is 0 Å². The Hall–Kier alpha value is -2.13. The van der Waals surface area contributed by atoms with Crippen LogP contribution in [0.3, 0.4) is 0 Å². The minimum absolute atomic E-state index is 0.0315. The van der Waals surface area contributed by atoms with Gasteiger partial charge in [0.15, 0.2) is 15.6 Å². The summed E-state index contributed by atoms with van der Waals surface area (Å²) in [6.45, 7) is 0. The van der Waals surface area contributed by atoms with Gasteiger partial charge in [0.25, 0.3) is 5.91 Å². The summed E-state index contributed by atoms with van der Waals surface area (Å²) < 4.78 is 52.8. The first kappa shape index (κ1) is 16.7. The van der Waals surface area contributed by atoms with Crippen molar-refractivity contribution in [2.24, 2.45) is 0 Å². The molecule has 2 aromatic rings. The number of sulfone groups is 2. The summed E-state index contributed by atoms with van der Waals surface area (Å²) in [5.41, 5.74) is 0. The van der Waals surface area contributed by atoms with Crippen LogP contribution in [0.1, 0.15) is 17.0 Å². The number of hydrogen-bond acceptors (Lipinski definition) is 6. The Morgan fingerprint density at radius 2 is 1.83 bits per heavy atom. The van der Waals surface area contributed by atoms with Gasteiger partial charge in [-0.2, -0.15) is 0 Å². The molecule has 1 saturated heterocycles. The fraction of sp³-hybridized carbons (Fsp3) is 0.267. The summed E-state index contributed by atoms with van der Waals surface area (Å²) >= 11 is 0. The predicted molar refractivity (Wildman–Crippen MR) is 85.1 cm³/mol. The second kappa shape index (κ2) is 6.06. The summed E-state index contributed by atoms with van der Waals surface area (Å²) in [4.78, 5) is 12.2. The van der Waals surface area contributed by atoms with E-state index in [1.54, 1.807) is 18.2 Å². The molecule has 0 aliphatic carbocycles. The summed E-state index contributed by atoms with van der Waals surface area (Å²) in [7, 11) is -6.96. The molecular weight excluding hydrogens is 354 g/mol. The lowest BCUT2D eigenvalue weighted by molar-refractivity contribution is 0.0908. The van der Waals surface area contributed by atoms with Crippen molar-refractivity contribution in [3.05, 3.63) is 48.2 Å². The highest BCUT2D eigenvalue weighted by atomic mass is 32.2. The molecule has 3 rings (SSSR count). The van der Waals surface area contributed by atoms with E-state index < -0.39 is 31.6 Å². The van der Waals surface area contributed by atoms with Gasteiger partial charge in [-0.05, 0) is 30.7 Å². The Balaban J connectivity index is 1.77. The van der Waals surface area contributed by atoms with Crippen LogP contribution in [0.4, 0.5) is 0 Å². The first-order chi connectivity index (χ1) is 11.3. The zero-order chi connectivity index (χ0) is 17.4. The number of hydrogen-bond donors (Lipinski definition) is 1. The Kier molecular flexibility index (Phi) is 4.22. The third-order valence-corrected chi connectivity index (χ3v) is 7.10. The monoisotopic (exact) mass is 369 g/mol. The molecule has 2 heterocycles. The zero-order valence-electron chi connectivity index (χ0n) is 12.5. The predicted octanol–water partition coefficient (Wildman–Crippen LogP) is 1.03. The topological polar surface area (TPSA) is 111 Å². The Morgan fingerprint density at radius 1 is 1.12 bits per heavy atom. The molecule has 1 fully saturated rings. The second-order valence-electron chi connectivity index (χ2n) is 5.51. The number of amides is 1. The lowest BCUT2D eigenvalue weighted by Gasteiger charge is -2.08. The molecule has 1 N–H and O–H groups in total. The normalized spacial score (nSPS) is 19.9. The molecule has 1 atom stereocenters. The SMILES string of the molecule is O=C(NC1CCS(=O)(=O)C1)c1ccc(S(=O)(=O)c2ccccc2)o1. The van der Waals surface area contributed by atoms with Crippen LogP contribution in [0.5, 0.6) is 0 Å². The third kappa shape index (κ3) is 3.36. The number of carbonyl (C=O) groups excluding carboxylic acids is 1. The maximum absolute atomic E-state index is 12.4. The largest absolute Gasteiger partial charge is 0.439 e. The highest BCUT2D eigenvalue weighted by molar-refractivity contribution is 7.91. The minimum atomic E-state index is -3.84. The summed E-state index contributed by atoms with van der Waals surface area (Å²) in [6.07, 6.45) is 0.337. The Labute approximate surface area is 139 Å². The van der Waals surface area contributed by atoms with Crippen molar-refractivity contribution in [1.29, 1.82) is 0 Å². The van der Waals surface area contributed by atoms with E-state index in [0.29, 0.717) is 6.42 Å². The van der Waals surface area contributed by atoms with Gasteiger partial charge in [0.2, 0.25) is 14.9 Å². The molecule has 7 nitrogen and oxygen atoms in total. The highest BCUT2D eigenvalue weighted by Gasteiger charge is 2.30. The number of benzene rings is 1. The number of carbonyl (C=O) groups is 1. The van der Waals surface area contributed by atoms with Crippen LogP contribution in [-0.4, -0.2) is 40.3 Å². The third-order valence-electron chi connectivity index (χ3n) is 3.69. The van der Waals surface area contributed by atoms with E-state index in [0.717, 1.165) is 0 Å². The Morgan fingerprint density at radius 3 is 2.46 bits per heavy atom. The van der Waals surface area contributed by atoms with Gasteiger partial charge >= 0.3 is 0 Å². The molecule has 1 aliphatic rings. The van der Waals surface area contributed by atoms with Crippen molar-refractivity contribution < 1.29 is 26.0 Å². The van der Waals surface area contributed by atoms with E-state index in [1.807, 2.05) is 0 Å². The van der Waals surface area contributed by atoms with Crippen molar-refractivity contribution in [3.63, 3.8) is 0 Å². The van der Waals surface area contributed by atoms with Crippen LogP contribution in [-0.2, 0) is 19.7 Å². The number of nitrogens with one attached hydrogen (secondary N) is 1. The van der Waals surface area contributed by atoms with E-state index >= 15 is 0 Å². The summed E-state index contributed by atoms with van der Waals surface area (Å²) in [6, 6.07) is 9.71. The van der Waals surface area contributed by atoms with E-state index in [4.69, 9.17) is 4.42 Å². The molecule has 24 heavy (non-hydrogen) atoms. The first-order valence-corrected chi connectivity index (χ1v) is 10.5. The molecular formula is C15H15NO6S2. The maximum Gasteiger partial charge on any atom is 0.287 e. The standard InChI is InChI=1S/C15H15NO6S2/c17-15(16-11-8-9-23(18,19)10-11)13-6-7-14(22-13)24(20,21)12-4-2-1-3-5-12/h1-7,11H,8-10H2,(H,16,17). The van der Waals surface area contributed by atoms with Gasteiger partial charge < -0.3 is 9.73 Å². The van der Waals surface area contributed by atoms with Crippen molar-refractivity contribution >= 4 is 25.6 Å². The van der Waals surface area contributed by atoms with E-state index in [9.17, 15) is 21.6 Å².